The van der Waals surface area contributed by atoms with E-state index in [1.165, 1.54) is 12.1 Å². The molecule has 4 heteroatoms. The van der Waals surface area contributed by atoms with Crippen LogP contribution in [0, 0.1) is 12.7 Å². The molecule has 2 rings (SSSR count). The largest absolute Gasteiger partial charge is 0.369 e. The molecule has 98 valence electrons. The number of benzene rings is 1. The van der Waals surface area contributed by atoms with Crippen molar-refractivity contribution in [2.75, 3.05) is 19.7 Å². The van der Waals surface area contributed by atoms with Crippen LogP contribution in [0.4, 0.5) is 4.39 Å². The molecule has 18 heavy (non-hydrogen) atoms. The first-order valence-corrected chi connectivity index (χ1v) is 6.28. The summed E-state index contributed by atoms with van der Waals surface area (Å²) in [7, 11) is 0. The first-order valence-electron chi connectivity index (χ1n) is 6.28. The van der Waals surface area contributed by atoms with Crippen molar-refractivity contribution in [1.82, 2.24) is 5.32 Å². The third-order valence-corrected chi connectivity index (χ3v) is 3.18. The Morgan fingerprint density at radius 3 is 3.06 bits per heavy atom. The lowest BCUT2D eigenvalue weighted by Gasteiger charge is -2.22. The lowest BCUT2D eigenvalue weighted by atomic mass is 10.1. The molecule has 1 aromatic rings. The maximum absolute atomic E-state index is 13.1. The minimum Gasteiger partial charge on any atom is -0.369 e. The van der Waals surface area contributed by atoms with Crippen molar-refractivity contribution in [3.63, 3.8) is 0 Å². The van der Waals surface area contributed by atoms with E-state index in [1.807, 2.05) is 0 Å². The van der Waals surface area contributed by atoms with Crippen LogP contribution in [0.2, 0.25) is 0 Å². The molecule has 1 heterocycles. The van der Waals surface area contributed by atoms with Crippen LogP contribution in [-0.2, 0) is 4.74 Å². The van der Waals surface area contributed by atoms with Gasteiger partial charge in [-0.25, -0.2) is 4.39 Å². The fourth-order valence-electron chi connectivity index (χ4n) is 2.06. The molecule has 3 nitrogen and oxygen atoms in total. The fraction of sp³-hybridized carbons (Fsp3) is 0.500. The van der Waals surface area contributed by atoms with E-state index in [0.29, 0.717) is 11.1 Å². The number of aryl methyl sites for hydroxylation is 1. The number of rotatable bonds is 4. The average molecular weight is 251 g/mol. The number of hydrogen-bond donors (Lipinski definition) is 1. The number of Topliss-reactive ketones (excluding diaryl/α,β-unsaturated/α-hetero) is 1. The zero-order valence-electron chi connectivity index (χ0n) is 10.5. The average Bonchev–Trinajstić information content (AvgIpc) is 2.40. The van der Waals surface area contributed by atoms with E-state index in [4.69, 9.17) is 4.74 Å². The van der Waals surface area contributed by atoms with Crippen molar-refractivity contribution >= 4 is 5.78 Å². The van der Waals surface area contributed by atoms with E-state index in [1.54, 1.807) is 13.0 Å². The van der Waals surface area contributed by atoms with Gasteiger partial charge in [0.2, 0.25) is 0 Å². The van der Waals surface area contributed by atoms with Crippen molar-refractivity contribution < 1.29 is 13.9 Å². The molecule has 1 aliphatic heterocycles. The molecule has 1 fully saturated rings. The highest BCUT2D eigenvalue weighted by atomic mass is 19.1. The summed E-state index contributed by atoms with van der Waals surface area (Å²) in [5.41, 5.74) is 0.998. The van der Waals surface area contributed by atoms with Crippen molar-refractivity contribution in [3.8, 4) is 0 Å². The lowest BCUT2D eigenvalue weighted by molar-refractivity contribution is 0.0347. The van der Waals surface area contributed by atoms with Gasteiger partial charge in [-0.05, 0) is 50.1 Å². The monoisotopic (exact) mass is 251 g/mol. The highest BCUT2D eigenvalue weighted by Gasteiger charge is 2.15. The summed E-state index contributed by atoms with van der Waals surface area (Å²) in [5, 5.41) is 3.23. The Balaban J connectivity index is 1.88. The molecule has 0 bridgehead atoms. The Labute approximate surface area is 106 Å². The highest BCUT2D eigenvalue weighted by molar-refractivity contribution is 5.97. The number of nitrogens with one attached hydrogen (secondary N) is 1. The summed E-state index contributed by atoms with van der Waals surface area (Å²) in [6, 6.07) is 4.40. The van der Waals surface area contributed by atoms with Gasteiger partial charge in [0.15, 0.2) is 5.78 Å². The summed E-state index contributed by atoms with van der Waals surface area (Å²) in [6.07, 6.45) is 2.18. The zero-order valence-corrected chi connectivity index (χ0v) is 10.5. The van der Waals surface area contributed by atoms with Gasteiger partial charge in [0.05, 0.1) is 6.10 Å². The fourth-order valence-corrected chi connectivity index (χ4v) is 2.06. The van der Waals surface area contributed by atoms with Crippen LogP contribution in [0.1, 0.15) is 28.8 Å². The Morgan fingerprint density at radius 1 is 1.56 bits per heavy atom. The van der Waals surface area contributed by atoms with Gasteiger partial charge in [-0.3, -0.25) is 4.79 Å². The molecule has 1 aliphatic rings. The summed E-state index contributed by atoms with van der Waals surface area (Å²) < 4.78 is 18.7. The van der Waals surface area contributed by atoms with Gasteiger partial charge in [0, 0.05) is 12.1 Å². The molecule has 1 unspecified atom stereocenters. The van der Waals surface area contributed by atoms with Gasteiger partial charge in [-0.15, -0.1) is 0 Å². The summed E-state index contributed by atoms with van der Waals surface area (Å²) in [6.45, 7) is 3.54. The van der Waals surface area contributed by atoms with Crippen LogP contribution < -0.4 is 5.32 Å². The van der Waals surface area contributed by atoms with Gasteiger partial charge in [-0.2, -0.15) is 0 Å². The molecular formula is C14H18FNO2. The first-order chi connectivity index (χ1) is 8.66. The molecule has 0 aromatic heterocycles. The molecule has 1 saturated heterocycles. The van der Waals surface area contributed by atoms with Gasteiger partial charge in [-0.1, -0.05) is 0 Å². The minimum atomic E-state index is -0.288. The van der Waals surface area contributed by atoms with E-state index in [-0.39, 0.29) is 24.3 Å². The maximum Gasteiger partial charge on any atom is 0.188 e. The molecule has 0 amide bonds. The van der Waals surface area contributed by atoms with E-state index in [2.05, 4.69) is 5.32 Å². The second-order valence-electron chi connectivity index (χ2n) is 4.67. The first kappa shape index (κ1) is 13.2. The molecule has 0 aliphatic carbocycles. The topological polar surface area (TPSA) is 38.3 Å². The highest BCUT2D eigenvalue weighted by Crippen LogP contribution is 2.11. The van der Waals surface area contributed by atoms with Crippen molar-refractivity contribution in [2.24, 2.45) is 0 Å². The number of carbonyl (C=O) groups is 1. The number of ether oxygens (including phenoxy) is 1. The maximum atomic E-state index is 13.1. The van der Waals surface area contributed by atoms with Gasteiger partial charge >= 0.3 is 0 Å². The number of ketones is 1. The van der Waals surface area contributed by atoms with Gasteiger partial charge in [0.25, 0.3) is 0 Å². The molecule has 1 aromatic carbocycles. The summed E-state index contributed by atoms with van der Waals surface area (Å²) in [4.78, 5) is 11.9. The number of piperidine rings is 1. The van der Waals surface area contributed by atoms with Crippen LogP contribution >= 0.6 is 0 Å². The van der Waals surface area contributed by atoms with Crippen LogP contribution in [0.15, 0.2) is 18.2 Å². The van der Waals surface area contributed by atoms with E-state index in [0.717, 1.165) is 25.9 Å². The Morgan fingerprint density at radius 2 is 2.39 bits per heavy atom. The van der Waals surface area contributed by atoms with Crippen molar-refractivity contribution in [3.05, 3.63) is 35.1 Å². The van der Waals surface area contributed by atoms with Crippen LogP contribution in [-0.4, -0.2) is 31.6 Å². The SMILES string of the molecule is Cc1cc(C(=O)COC2CCCNC2)ccc1F. The second-order valence-corrected chi connectivity index (χ2v) is 4.67. The summed E-state index contributed by atoms with van der Waals surface area (Å²) >= 11 is 0. The van der Waals surface area contributed by atoms with Crippen molar-refractivity contribution in [2.45, 2.75) is 25.9 Å². The zero-order chi connectivity index (χ0) is 13.0. The number of halogens is 1. The molecular weight excluding hydrogens is 233 g/mol. The molecule has 0 radical (unpaired) electrons. The number of carbonyl (C=O) groups excluding carboxylic acids is 1. The lowest BCUT2D eigenvalue weighted by Crippen LogP contribution is -2.36. The van der Waals surface area contributed by atoms with Crippen molar-refractivity contribution in [1.29, 1.82) is 0 Å². The smallest absolute Gasteiger partial charge is 0.188 e. The molecule has 1 N–H and O–H groups in total. The Hall–Kier alpha value is -1.26. The second kappa shape index (κ2) is 6.07. The Kier molecular flexibility index (Phi) is 4.44. The minimum absolute atomic E-state index is 0.0669. The summed E-state index contributed by atoms with van der Waals surface area (Å²) in [5.74, 6) is -0.382. The molecule has 0 spiro atoms. The Bertz CT molecular complexity index is 428. The van der Waals surface area contributed by atoms with Crippen LogP contribution in [0.25, 0.3) is 0 Å². The quantitative estimate of drug-likeness (QED) is 0.833. The third-order valence-electron chi connectivity index (χ3n) is 3.18. The van der Waals surface area contributed by atoms with E-state index >= 15 is 0 Å². The predicted molar refractivity (Wildman–Crippen MR) is 67.3 cm³/mol. The predicted octanol–water partition coefficient (Wildman–Crippen LogP) is 2.09. The molecule has 0 saturated carbocycles. The van der Waals surface area contributed by atoms with E-state index < -0.39 is 0 Å². The normalized spacial score (nSPS) is 19.8. The third kappa shape index (κ3) is 3.37. The number of hydrogen-bond acceptors (Lipinski definition) is 3. The van der Waals surface area contributed by atoms with E-state index in [9.17, 15) is 9.18 Å². The van der Waals surface area contributed by atoms with Crippen LogP contribution in [0.5, 0.6) is 0 Å². The van der Waals surface area contributed by atoms with Gasteiger partial charge < -0.3 is 10.1 Å². The van der Waals surface area contributed by atoms with Gasteiger partial charge in [0.1, 0.15) is 12.4 Å². The molecule has 1 atom stereocenters. The standard InChI is InChI=1S/C14H18FNO2/c1-10-7-11(4-5-13(10)15)14(17)9-18-12-3-2-6-16-8-12/h4-5,7,12,16H,2-3,6,8-9H2,1H3. The van der Waals surface area contributed by atoms with Crippen LogP contribution in [0.3, 0.4) is 0 Å².